The summed E-state index contributed by atoms with van der Waals surface area (Å²) >= 11 is 11.9. The maximum absolute atomic E-state index is 9.65. The molecule has 2 rings (SSSR count). The fraction of sp³-hybridized carbons (Fsp3) is 0.0769. The van der Waals surface area contributed by atoms with Crippen LogP contribution in [0.15, 0.2) is 36.4 Å². The Morgan fingerprint density at radius 3 is 2.61 bits per heavy atom. The number of aromatic hydroxyl groups is 2. The maximum atomic E-state index is 9.65. The fourth-order valence-electron chi connectivity index (χ4n) is 1.54. The van der Waals surface area contributed by atoms with E-state index in [0.717, 1.165) is 0 Å². The first-order valence-electron chi connectivity index (χ1n) is 5.26. The van der Waals surface area contributed by atoms with Gasteiger partial charge in [-0.1, -0.05) is 35.3 Å². The normalized spacial score (nSPS) is 10.3. The van der Waals surface area contributed by atoms with Crippen molar-refractivity contribution in [3.8, 4) is 11.5 Å². The van der Waals surface area contributed by atoms with Crippen LogP contribution in [0.1, 0.15) is 5.56 Å². The standard InChI is InChI=1S/C13H11Cl2NO2/c14-9-4-5-10(15)11(6-9)16-7-8-2-1-3-12(17)13(8)18/h1-6,16-18H,7H2. The quantitative estimate of drug-likeness (QED) is 0.746. The SMILES string of the molecule is Oc1cccc(CNc2cc(Cl)ccc2Cl)c1O. The van der Waals surface area contributed by atoms with Crippen molar-refractivity contribution in [1.82, 2.24) is 0 Å². The molecular formula is C13H11Cl2NO2. The van der Waals surface area contributed by atoms with E-state index in [2.05, 4.69) is 5.32 Å². The van der Waals surface area contributed by atoms with Gasteiger partial charge in [-0.15, -0.1) is 0 Å². The Bertz CT molecular complexity index is 571. The van der Waals surface area contributed by atoms with E-state index < -0.39 is 0 Å². The summed E-state index contributed by atoms with van der Waals surface area (Å²) in [4.78, 5) is 0. The first-order valence-corrected chi connectivity index (χ1v) is 6.02. The summed E-state index contributed by atoms with van der Waals surface area (Å²) in [6, 6.07) is 9.87. The highest BCUT2D eigenvalue weighted by atomic mass is 35.5. The lowest BCUT2D eigenvalue weighted by Crippen LogP contribution is -2.00. The van der Waals surface area contributed by atoms with Crippen LogP contribution in [-0.2, 0) is 6.54 Å². The molecule has 0 spiro atoms. The average Bonchev–Trinajstić information content (AvgIpc) is 2.35. The van der Waals surface area contributed by atoms with Crippen molar-refractivity contribution in [3.63, 3.8) is 0 Å². The van der Waals surface area contributed by atoms with E-state index in [0.29, 0.717) is 27.8 Å². The monoisotopic (exact) mass is 283 g/mol. The molecule has 2 aromatic carbocycles. The molecule has 0 heterocycles. The number of phenols is 2. The van der Waals surface area contributed by atoms with E-state index in [1.54, 1.807) is 30.3 Å². The van der Waals surface area contributed by atoms with Gasteiger partial charge < -0.3 is 15.5 Å². The number of halogens is 2. The van der Waals surface area contributed by atoms with E-state index in [-0.39, 0.29) is 11.5 Å². The molecule has 18 heavy (non-hydrogen) atoms. The Kier molecular flexibility index (Phi) is 3.84. The summed E-state index contributed by atoms with van der Waals surface area (Å²) in [6.45, 7) is 0.334. The zero-order chi connectivity index (χ0) is 13.1. The third-order valence-electron chi connectivity index (χ3n) is 2.50. The van der Waals surface area contributed by atoms with Crippen molar-refractivity contribution >= 4 is 28.9 Å². The Balaban J connectivity index is 2.16. The van der Waals surface area contributed by atoms with Crippen molar-refractivity contribution in [2.24, 2.45) is 0 Å². The van der Waals surface area contributed by atoms with Crippen LogP contribution in [0.25, 0.3) is 0 Å². The Morgan fingerprint density at radius 1 is 1.06 bits per heavy atom. The van der Waals surface area contributed by atoms with Gasteiger partial charge in [0.15, 0.2) is 11.5 Å². The van der Waals surface area contributed by atoms with Gasteiger partial charge in [0, 0.05) is 17.1 Å². The lowest BCUT2D eigenvalue weighted by atomic mass is 10.2. The highest BCUT2D eigenvalue weighted by Crippen LogP contribution is 2.30. The molecule has 0 radical (unpaired) electrons. The molecule has 0 atom stereocenters. The minimum absolute atomic E-state index is 0.136. The first kappa shape index (κ1) is 12.9. The first-order chi connectivity index (χ1) is 8.58. The highest BCUT2D eigenvalue weighted by Gasteiger charge is 2.06. The van der Waals surface area contributed by atoms with Crippen LogP contribution >= 0.6 is 23.2 Å². The molecule has 0 aliphatic rings. The number of hydrogen-bond donors (Lipinski definition) is 3. The summed E-state index contributed by atoms with van der Waals surface area (Å²) < 4.78 is 0. The average molecular weight is 284 g/mol. The van der Waals surface area contributed by atoms with Gasteiger partial charge in [-0.3, -0.25) is 0 Å². The number of hydrogen-bond acceptors (Lipinski definition) is 3. The third kappa shape index (κ3) is 2.81. The minimum atomic E-state index is -0.147. The number of phenolic OH excluding ortho intramolecular Hbond substituents is 2. The van der Waals surface area contributed by atoms with Gasteiger partial charge in [0.05, 0.1) is 10.7 Å². The topological polar surface area (TPSA) is 52.5 Å². The molecule has 3 nitrogen and oxygen atoms in total. The molecule has 0 saturated carbocycles. The summed E-state index contributed by atoms with van der Waals surface area (Å²) in [5.74, 6) is -0.283. The van der Waals surface area contributed by atoms with Crippen molar-refractivity contribution in [2.45, 2.75) is 6.54 Å². The highest BCUT2D eigenvalue weighted by molar-refractivity contribution is 6.35. The van der Waals surface area contributed by atoms with Crippen molar-refractivity contribution in [3.05, 3.63) is 52.0 Å². The number of para-hydroxylation sites is 1. The second kappa shape index (κ2) is 5.38. The van der Waals surface area contributed by atoms with Crippen LogP contribution in [0.4, 0.5) is 5.69 Å². The molecule has 3 N–H and O–H groups in total. The zero-order valence-electron chi connectivity index (χ0n) is 9.32. The molecule has 0 unspecified atom stereocenters. The second-order valence-electron chi connectivity index (χ2n) is 3.76. The lowest BCUT2D eigenvalue weighted by molar-refractivity contribution is 0.400. The lowest BCUT2D eigenvalue weighted by Gasteiger charge is -2.10. The second-order valence-corrected chi connectivity index (χ2v) is 4.61. The van der Waals surface area contributed by atoms with Crippen LogP contribution < -0.4 is 5.32 Å². The summed E-state index contributed by atoms with van der Waals surface area (Å²) in [7, 11) is 0. The maximum Gasteiger partial charge on any atom is 0.162 e. The van der Waals surface area contributed by atoms with Gasteiger partial charge in [0.2, 0.25) is 0 Å². The van der Waals surface area contributed by atoms with Crippen LogP contribution in [-0.4, -0.2) is 10.2 Å². The van der Waals surface area contributed by atoms with Crippen molar-refractivity contribution in [2.75, 3.05) is 5.32 Å². The number of rotatable bonds is 3. The molecule has 5 heteroatoms. The molecule has 2 aromatic rings. The Hall–Kier alpha value is -1.58. The number of benzene rings is 2. The predicted molar refractivity (Wildman–Crippen MR) is 73.6 cm³/mol. The molecule has 0 bridgehead atoms. The molecule has 0 aliphatic carbocycles. The third-order valence-corrected chi connectivity index (χ3v) is 3.06. The van der Waals surface area contributed by atoms with Gasteiger partial charge in [-0.25, -0.2) is 0 Å². The van der Waals surface area contributed by atoms with Crippen molar-refractivity contribution in [1.29, 1.82) is 0 Å². The van der Waals surface area contributed by atoms with Gasteiger partial charge in [-0.05, 0) is 24.3 Å². The predicted octanol–water partition coefficient (Wildman–Crippen LogP) is 4.02. The largest absolute Gasteiger partial charge is 0.504 e. The molecule has 0 amide bonds. The van der Waals surface area contributed by atoms with Gasteiger partial charge in [0.25, 0.3) is 0 Å². The number of anilines is 1. The Morgan fingerprint density at radius 2 is 1.83 bits per heavy atom. The van der Waals surface area contributed by atoms with Gasteiger partial charge in [0.1, 0.15) is 0 Å². The van der Waals surface area contributed by atoms with E-state index in [9.17, 15) is 10.2 Å². The van der Waals surface area contributed by atoms with Crippen LogP contribution in [0.5, 0.6) is 11.5 Å². The number of nitrogens with one attached hydrogen (secondary N) is 1. The molecule has 0 fully saturated rings. The van der Waals surface area contributed by atoms with E-state index in [1.165, 1.54) is 6.07 Å². The van der Waals surface area contributed by atoms with Gasteiger partial charge in [-0.2, -0.15) is 0 Å². The van der Waals surface area contributed by atoms with Gasteiger partial charge >= 0.3 is 0 Å². The van der Waals surface area contributed by atoms with E-state index in [1.807, 2.05) is 0 Å². The van der Waals surface area contributed by atoms with Crippen LogP contribution in [0.3, 0.4) is 0 Å². The minimum Gasteiger partial charge on any atom is -0.504 e. The summed E-state index contributed by atoms with van der Waals surface area (Å²) in [6.07, 6.45) is 0. The fourth-order valence-corrected chi connectivity index (χ4v) is 1.90. The van der Waals surface area contributed by atoms with E-state index >= 15 is 0 Å². The summed E-state index contributed by atoms with van der Waals surface area (Å²) in [5, 5.41) is 23.2. The molecule has 0 saturated heterocycles. The Labute approximate surface area is 115 Å². The zero-order valence-corrected chi connectivity index (χ0v) is 10.8. The van der Waals surface area contributed by atoms with Crippen LogP contribution in [0.2, 0.25) is 10.0 Å². The van der Waals surface area contributed by atoms with Crippen LogP contribution in [0, 0.1) is 0 Å². The smallest absolute Gasteiger partial charge is 0.162 e. The molecule has 94 valence electrons. The van der Waals surface area contributed by atoms with Crippen molar-refractivity contribution < 1.29 is 10.2 Å². The van der Waals surface area contributed by atoms with E-state index in [4.69, 9.17) is 23.2 Å². The summed E-state index contributed by atoms with van der Waals surface area (Å²) in [5.41, 5.74) is 1.25. The molecule has 0 aliphatic heterocycles. The molecular weight excluding hydrogens is 273 g/mol. The molecule has 0 aromatic heterocycles.